The first kappa shape index (κ1) is 11.5. The van der Waals surface area contributed by atoms with Crippen LogP contribution in [0.25, 0.3) is 10.9 Å². The number of benzene rings is 1. The Balaban J connectivity index is 2.87. The van der Waals surface area contributed by atoms with Gasteiger partial charge in [-0.1, -0.05) is 11.6 Å². The summed E-state index contributed by atoms with van der Waals surface area (Å²) in [6.07, 6.45) is 0. The van der Waals surface area contributed by atoms with Gasteiger partial charge in [-0.05, 0) is 18.2 Å². The van der Waals surface area contributed by atoms with Gasteiger partial charge in [0.1, 0.15) is 5.75 Å². The number of pyridine rings is 1. The van der Waals surface area contributed by atoms with Gasteiger partial charge < -0.3 is 14.8 Å². The molecule has 0 aliphatic rings. The maximum atomic E-state index is 11.6. The lowest BCUT2D eigenvalue weighted by Gasteiger charge is -2.05. The minimum Gasteiger partial charge on any atom is -0.506 e. The molecule has 0 radical (unpaired) electrons. The predicted molar refractivity (Wildman–Crippen MR) is 62.6 cm³/mol. The average Bonchev–Trinajstić information content (AvgIpc) is 2.30. The molecule has 6 heteroatoms. The van der Waals surface area contributed by atoms with Crippen molar-refractivity contribution in [2.24, 2.45) is 0 Å². The third kappa shape index (κ3) is 1.85. The molecule has 0 unspecified atom stereocenters. The summed E-state index contributed by atoms with van der Waals surface area (Å²) < 4.78 is 4.43. The Morgan fingerprint density at radius 3 is 2.82 bits per heavy atom. The quantitative estimate of drug-likeness (QED) is 0.758. The number of hydrogen-bond donors (Lipinski definition) is 2. The van der Waals surface area contributed by atoms with Crippen molar-refractivity contribution in [3.8, 4) is 5.75 Å². The Morgan fingerprint density at radius 1 is 1.47 bits per heavy atom. The fourth-order valence-corrected chi connectivity index (χ4v) is 1.71. The lowest BCUT2D eigenvalue weighted by atomic mass is 10.1. The van der Waals surface area contributed by atoms with Gasteiger partial charge in [0.15, 0.2) is 5.56 Å². The van der Waals surface area contributed by atoms with Crippen molar-refractivity contribution in [3.63, 3.8) is 0 Å². The molecule has 2 rings (SSSR count). The molecule has 1 aromatic carbocycles. The summed E-state index contributed by atoms with van der Waals surface area (Å²) in [4.78, 5) is 25.4. The number of esters is 1. The number of aromatic nitrogens is 1. The molecule has 0 fully saturated rings. The van der Waals surface area contributed by atoms with Crippen molar-refractivity contribution >= 4 is 28.5 Å². The number of carbonyl (C=O) groups is 1. The van der Waals surface area contributed by atoms with Gasteiger partial charge in [-0.15, -0.1) is 0 Å². The van der Waals surface area contributed by atoms with Crippen molar-refractivity contribution in [3.05, 3.63) is 39.1 Å². The van der Waals surface area contributed by atoms with Crippen LogP contribution in [0.1, 0.15) is 10.4 Å². The van der Waals surface area contributed by atoms with Crippen molar-refractivity contribution in [1.82, 2.24) is 4.98 Å². The zero-order chi connectivity index (χ0) is 12.6. The van der Waals surface area contributed by atoms with E-state index >= 15 is 0 Å². The highest BCUT2D eigenvalue weighted by Gasteiger charge is 2.19. The molecule has 0 atom stereocenters. The molecule has 2 N–H and O–H groups in total. The maximum absolute atomic E-state index is 11.6. The van der Waals surface area contributed by atoms with E-state index in [9.17, 15) is 14.7 Å². The Bertz CT molecular complexity index is 662. The number of fused-ring (bicyclic) bond motifs is 1. The van der Waals surface area contributed by atoms with E-state index in [0.29, 0.717) is 10.5 Å². The molecule has 0 aliphatic carbocycles. The summed E-state index contributed by atoms with van der Waals surface area (Å²) in [6.45, 7) is 0. The molecule has 0 amide bonds. The van der Waals surface area contributed by atoms with E-state index in [1.165, 1.54) is 6.07 Å². The molecule has 1 aromatic heterocycles. The highest BCUT2D eigenvalue weighted by atomic mass is 35.5. The molecule has 2 aromatic rings. The summed E-state index contributed by atoms with van der Waals surface area (Å²) in [5.41, 5.74) is -0.740. The van der Waals surface area contributed by atoms with Crippen LogP contribution in [0.4, 0.5) is 0 Å². The molecule has 17 heavy (non-hydrogen) atoms. The van der Waals surface area contributed by atoms with Gasteiger partial charge in [0, 0.05) is 10.4 Å². The first-order chi connectivity index (χ1) is 8.04. The van der Waals surface area contributed by atoms with E-state index in [2.05, 4.69) is 9.72 Å². The van der Waals surface area contributed by atoms with Crippen LogP contribution in [0, 0.1) is 0 Å². The molecule has 0 aliphatic heterocycles. The summed E-state index contributed by atoms with van der Waals surface area (Å²) >= 11 is 5.78. The first-order valence-corrected chi connectivity index (χ1v) is 5.05. The molecule has 0 saturated carbocycles. The molecule has 5 nitrogen and oxygen atoms in total. The summed E-state index contributed by atoms with van der Waals surface area (Å²) in [7, 11) is 1.13. The predicted octanol–water partition coefficient (Wildman–Crippen LogP) is 1.67. The minimum atomic E-state index is -0.898. The number of rotatable bonds is 1. The van der Waals surface area contributed by atoms with Gasteiger partial charge in [-0.25, -0.2) is 4.79 Å². The fraction of sp³-hybridized carbons (Fsp3) is 0.0909. The third-order valence-corrected chi connectivity index (χ3v) is 2.57. The van der Waals surface area contributed by atoms with E-state index in [1.807, 2.05) is 0 Å². The van der Waals surface area contributed by atoms with Crippen LogP contribution in [0.2, 0.25) is 5.02 Å². The number of aromatic hydroxyl groups is 1. The van der Waals surface area contributed by atoms with Crippen molar-refractivity contribution in [1.29, 1.82) is 0 Å². The second-order valence-electron chi connectivity index (χ2n) is 3.36. The van der Waals surface area contributed by atoms with Crippen LogP contribution in [0.3, 0.4) is 0 Å². The van der Waals surface area contributed by atoms with Crippen LogP contribution in [-0.2, 0) is 4.74 Å². The van der Waals surface area contributed by atoms with Crippen molar-refractivity contribution in [2.45, 2.75) is 0 Å². The lowest BCUT2D eigenvalue weighted by molar-refractivity contribution is 0.0595. The number of H-pyrrole nitrogens is 1. The maximum Gasteiger partial charge on any atom is 0.347 e. The Morgan fingerprint density at radius 2 is 2.18 bits per heavy atom. The van der Waals surface area contributed by atoms with E-state index in [0.717, 1.165) is 7.11 Å². The van der Waals surface area contributed by atoms with Crippen molar-refractivity contribution in [2.75, 3.05) is 7.11 Å². The monoisotopic (exact) mass is 253 g/mol. The number of ether oxygens (including phenoxy) is 1. The second kappa shape index (κ2) is 4.10. The Labute approximate surface area is 101 Å². The molecular formula is C11H8ClNO4. The van der Waals surface area contributed by atoms with Crippen LogP contribution < -0.4 is 5.56 Å². The standard InChI is InChI=1S/C11H8ClNO4/c1-17-11(16)8-9(14)6-4-5(12)2-3-7(6)13-10(8)15/h2-4H,1H3,(H2,13,14,15). The smallest absolute Gasteiger partial charge is 0.347 e. The Hall–Kier alpha value is -2.01. The average molecular weight is 254 g/mol. The zero-order valence-electron chi connectivity index (χ0n) is 8.78. The largest absolute Gasteiger partial charge is 0.506 e. The summed E-state index contributed by atoms with van der Waals surface area (Å²) in [5.74, 6) is -1.33. The molecule has 0 saturated heterocycles. The second-order valence-corrected chi connectivity index (χ2v) is 3.80. The van der Waals surface area contributed by atoms with Gasteiger partial charge in [0.25, 0.3) is 5.56 Å². The van der Waals surface area contributed by atoms with Crippen LogP contribution in [-0.4, -0.2) is 23.2 Å². The molecule has 0 bridgehead atoms. The topological polar surface area (TPSA) is 79.4 Å². The van der Waals surface area contributed by atoms with Crippen molar-refractivity contribution < 1.29 is 14.6 Å². The number of methoxy groups -OCH3 is 1. The normalized spacial score (nSPS) is 10.5. The number of halogens is 1. The minimum absolute atomic E-state index is 0.289. The van der Waals surface area contributed by atoms with E-state index in [-0.39, 0.29) is 5.39 Å². The van der Waals surface area contributed by atoms with E-state index in [4.69, 9.17) is 11.6 Å². The first-order valence-electron chi connectivity index (χ1n) is 4.67. The highest BCUT2D eigenvalue weighted by Crippen LogP contribution is 2.27. The molecule has 0 spiro atoms. The summed E-state index contributed by atoms with van der Waals surface area (Å²) in [6, 6.07) is 4.56. The molecular weight excluding hydrogens is 246 g/mol. The summed E-state index contributed by atoms with van der Waals surface area (Å²) in [5, 5.41) is 10.6. The number of hydrogen-bond acceptors (Lipinski definition) is 4. The van der Waals surface area contributed by atoms with Gasteiger partial charge in [-0.3, -0.25) is 4.79 Å². The SMILES string of the molecule is COC(=O)c1c(O)c2cc(Cl)ccc2[nH]c1=O. The van der Waals surface area contributed by atoms with Gasteiger partial charge in [-0.2, -0.15) is 0 Å². The van der Waals surface area contributed by atoms with E-state index < -0.39 is 22.8 Å². The molecule has 88 valence electrons. The number of nitrogens with one attached hydrogen (secondary N) is 1. The zero-order valence-corrected chi connectivity index (χ0v) is 9.54. The highest BCUT2D eigenvalue weighted by molar-refractivity contribution is 6.31. The Kier molecular flexibility index (Phi) is 2.77. The van der Waals surface area contributed by atoms with Gasteiger partial charge in [0.2, 0.25) is 0 Å². The van der Waals surface area contributed by atoms with E-state index in [1.54, 1.807) is 12.1 Å². The van der Waals surface area contributed by atoms with Gasteiger partial charge >= 0.3 is 5.97 Å². The van der Waals surface area contributed by atoms with Crippen LogP contribution >= 0.6 is 11.6 Å². The van der Waals surface area contributed by atoms with Gasteiger partial charge in [0.05, 0.1) is 12.6 Å². The molecule has 1 heterocycles. The van der Waals surface area contributed by atoms with Crippen LogP contribution in [0.5, 0.6) is 5.75 Å². The number of carbonyl (C=O) groups excluding carboxylic acids is 1. The van der Waals surface area contributed by atoms with Crippen LogP contribution in [0.15, 0.2) is 23.0 Å². The third-order valence-electron chi connectivity index (χ3n) is 2.34. The lowest BCUT2D eigenvalue weighted by Crippen LogP contribution is -2.19. The number of aromatic amines is 1. The fourth-order valence-electron chi connectivity index (χ4n) is 1.54.